The van der Waals surface area contributed by atoms with Crippen LogP contribution in [0, 0.1) is 6.92 Å². The second kappa shape index (κ2) is 5.64. The van der Waals surface area contributed by atoms with Crippen LogP contribution < -0.4 is 4.74 Å². The molecule has 0 unspecified atom stereocenters. The number of carbonyl (C=O) groups excluding carboxylic acids is 1. The summed E-state index contributed by atoms with van der Waals surface area (Å²) in [6, 6.07) is 3.97. The van der Waals surface area contributed by atoms with Gasteiger partial charge in [0.05, 0.1) is 13.1 Å². The van der Waals surface area contributed by atoms with Crippen molar-refractivity contribution in [1.82, 2.24) is 4.90 Å². The maximum atomic E-state index is 12.2. The van der Waals surface area contributed by atoms with Gasteiger partial charge in [-0.2, -0.15) is 0 Å². The number of rotatable bonds is 0. The van der Waals surface area contributed by atoms with E-state index in [2.05, 4.69) is 15.9 Å². The summed E-state index contributed by atoms with van der Waals surface area (Å²) >= 11 is 3.47. The van der Waals surface area contributed by atoms with Gasteiger partial charge >= 0.3 is 6.09 Å². The smallest absolute Gasteiger partial charge is 0.410 e. The van der Waals surface area contributed by atoms with E-state index in [4.69, 9.17) is 9.47 Å². The molecule has 0 aliphatic carbocycles. The van der Waals surface area contributed by atoms with Crippen molar-refractivity contribution < 1.29 is 14.3 Å². The van der Waals surface area contributed by atoms with Gasteiger partial charge < -0.3 is 14.4 Å². The largest absolute Gasteiger partial charge is 0.491 e. The van der Waals surface area contributed by atoms with Crippen molar-refractivity contribution in [2.45, 2.75) is 39.8 Å². The Morgan fingerprint density at radius 2 is 2.10 bits per heavy atom. The highest BCUT2D eigenvalue weighted by Gasteiger charge is 2.25. The summed E-state index contributed by atoms with van der Waals surface area (Å²) in [5.74, 6) is 0.836. The van der Waals surface area contributed by atoms with Crippen LogP contribution in [-0.2, 0) is 11.3 Å². The molecule has 4 nitrogen and oxygen atoms in total. The number of hydrogen-bond acceptors (Lipinski definition) is 3. The highest BCUT2D eigenvalue weighted by molar-refractivity contribution is 9.10. The minimum atomic E-state index is -0.484. The number of halogens is 1. The summed E-state index contributed by atoms with van der Waals surface area (Å²) in [4.78, 5) is 13.9. The lowest BCUT2D eigenvalue weighted by Crippen LogP contribution is -2.37. The molecule has 1 heterocycles. The molecule has 0 aromatic heterocycles. The second-order valence-electron chi connectivity index (χ2n) is 5.95. The quantitative estimate of drug-likeness (QED) is 0.718. The van der Waals surface area contributed by atoms with Crippen LogP contribution in [0.1, 0.15) is 31.9 Å². The molecule has 1 aliphatic heterocycles. The number of nitrogens with zero attached hydrogens (tertiary/aromatic N) is 1. The van der Waals surface area contributed by atoms with Gasteiger partial charge in [-0.15, -0.1) is 0 Å². The highest BCUT2D eigenvalue weighted by Crippen LogP contribution is 2.30. The first-order valence-corrected chi connectivity index (χ1v) is 7.45. The van der Waals surface area contributed by atoms with Crippen LogP contribution in [0.4, 0.5) is 4.79 Å². The fraction of sp³-hybridized carbons (Fsp3) is 0.533. The maximum Gasteiger partial charge on any atom is 0.410 e. The van der Waals surface area contributed by atoms with Crippen molar-refractivity contribution in [1.29, 1.82) is 0 Å². The van der Waals surface area contributed by atoms with E-state index in [1.54, 1.807) is 4.90 Å². The molecule has 1 amide bonds. The first-order valence-electron chi connectivity index (χ1n) is 6.66. The van der Waals surface area contributed by atoms with Gasteiger partial charge in [-0.3, -0.25) is 0 Å². The van der Waals surface area contributed by atoms with Crippen LogP contribution in [0.2, 0.25) is 0 Å². The van der Waals surface area contributed by atoms with E-state index in [1.165, 1.54) is 0 Å². The van der Waals surface area contributed by atoms with Crippen LogP contribution in [0.3, 0.4) is 0 Å². The zero-order chi connectivity index (χ0) is 14.9. The van der Waals surface area contributed by atoms with E-state index in [0.717, 1.165) is 21.3 Å². The summed E-state index contributed by atoms with van der Waals surface area (Å²) in [6.07, 6.45) is -0.295. The Labute approximate surface area is 128 Å². The molecular weight excluding hydrogens is 322 g/mol. The molecule has 0 spiro atoms. The number of aryl methyl sites for hydroxylation is 1. The molecule has 0 N–H and O–H groups in total. The molecule has 1 aromatic carbocycles. The Morgan fingerprint density at radius 3 is 2.75 bits per heavy atom. The Balaban J connectivity index is 2.22. The number of benzene rings is 1. The number of ether oxygens (including phenoxy) is 2. The summed E-state index contributed by atoms with van der Waals surface area (Å²) in [7, 11) is 0. The van der Waals surface area contributed by atoms with Crippen molar-refractivity contribution >= 4 is 22.0 Å². The third-order valence-electron chi connectivity index (χ3n) is 3.02. The molecule has 0 saturated heterocycles. The first-order chi connectivity index (χ1) is 9.26. The topological polar surface area (TPSA) is 38.8 Å². The minimum Gasteiger partial charge on any atom is -0.491 e. The number of hydrogen-bond donors (Lipinski definition) is 0. The zero-order valence-electron chi connectivity index (χ0n) is 12.3. The zero-order valence-corrected chi connectivity index (χ0v) is 13.9. The molecular formula is C15H20BrNO3. The third-order valence-corrected chi connectivity index (χ3v) is 3.47. The van der Waals surface area contributed by atoms with Crippen molar-refractivity contribution in [2.24, 2.45) is 0 Å². The Kier molecular flexibility index (Phi) is 4.28. The van der Waals surface area contributed by atoms with Crippen LogP contribution in [0.15, 0.2) is 16.6 Å². The fourth-order valence-corrected chi connectivity index (χ4v) is 2.64. The Morgan fingerprint density at radius 1 is 1.40 bits per heavy atom. The third kappa shape index (κ3) is 3.66. The number of carbonyl (C=O) groups is 1. The standard InChI is InChI=1S/C15H20BrNO3/c1-10-7-11(16)8-13-12(10)9-17(5-6-19-13)14(18)20-15(2,3)4/h7-8H,5-6,9H2,1-4H3. The Bertz CT molecular complexity index is 523. The fourth-order valence-electron chi connectivity index (χ4n) is 2.09. The molecule has 0 radical (unpaired) electrons. The first kappa shape index (κ1) is 15.2. The Hall–Kier alpha value is -1.23. The van der Waals surface area contributed by atoms with E-state index >= 15 is 0 Å². The lowest BCUT2D eigenvalue weighted by atomic mass is 10.1. The van der Waals surface area contributed by atoms with Crippen molar-refractivity contribution in [3.05, 3.63) is 27.7 Å². The normalized spacial score (nSPS) is 15.2. The van der Waals surface area contributed by atoms with Gasteiger partial charge in [-0.1, -0.05) is 15.9 Å². The average molecular weight is 342 g/mol. The molecule has 0 fully saturated rings. The predicted molar refractivity (Wildman–Crippen MR) is 81.0 cm³/mol. The molecule has 1 aliphatic rings. The molecule has 0 bridgehead atoms. The average Bonchev–Trinajstić information content (AvgIpc) is 2.49. The van der Waals surface area contributed by atoms with Crippen LogP contribution in [0.25, 0.3) is 0 Å². The van der Waals surface area contributed by atoms with Crippen LogP contribution in [0.5, 0.6) is 5.75 Å². The summed E-state index contributed by atoms with van der Waals surface area (Å²) in [5, 5.41) is 0. The molecule has 110 valence electrons. The van der Waals surface area contributed by atoms with Gasteiger partial charge in [0.1, 0.15) is 18.0 Å². The summed E-state index contributed by atoms with van der Waals surface area (Å²) in [6.45, 7) is 9.15. The molecule has 20 heavy (non-hydrogen) atoms. The van der Waals surface area contributed by atoms with Gasteiger partial charge in [0, 0.05) is 10.0 Å². The lowest BCUT2D eigenvalue weighted by molar-refractivity contribution is 0.0225. The minimum absolute atomic E-state index is 0.295. The van der Waals surface area contributed by atoms with E-state index in [1.807, 2.05) is 39.8 Å². The van der Waals surface area contributed by atoms with Crippen molar-refractivity contribution in [3.8, 4) is 5.75 Å². The van der Waals surface area contributed by atoms with E-state index in [0.29, 0.717) is 19.7 Å². The van der Waals surface area contributed by atoms with Crippen molar-refractivity contribution in [2.75, 3.05) is 13.2 Å². The summed E-state index contributed by atoms with van der Waals surface area (Å²) < 4.78 is 12.2. The highest BCUT2D eigenvalue weighted by atomic mass is 79.9. The number of fused-ring (bicyclic) bond motifs is 1. The second-order valence-corrected chi connectivity index (χ2v) is 6.87. The monoisotopic (exact) mass is 341 g/mol. The lowest BCUT2D eigenvalue weighted by Gasteiger charge is -2.26. The molecule has 5 heteroatoms. The number of amides is 1. The molecule has 0 saturated carbocycles. The molecule has 0 atom stereocenters. The summed E-state index contributed by atoms with van der Waals surface area (Å²) in [5.41, 5.74) is 1.66. The van der Waals surface area contributed by atoms with E-state index in [-0.39, 0.29) is 6.09 Å². The van der Waals surface area contributed by atoms with E-state index < -0.39 is 5.60 Å². The van der Waals surface area contributed by atoms with Crippen LogP contribution in [-0.4, -0.2) is 29.7 Å². The predicted octanol–water partition coefficient (Wildman–Crippen LogP) is 3.89. The van der Waals surface area contributed by atoms with Gasteiger partial charge in [0.25, 0.3) is 0 Å². The van der Waals surface area contributed by atoms with Gasteiger partial charge in [0.2, 0.25) is 0 Å². The molecule has 1 aromatic rings. The van der Waals surface area contributed by atoms with Crippen molar-refractivity contribution in [3.63, 3.8) is 0 Å². The maximum absolute atomic E-state index is 12.2. The molecule has 2 rings (SSSR count). The van der Waals surface area contributed by atoms with Gasteiger partial charge in [0.15, 0.2) is 0 Å². The van der Waals surface area contributed by atoms with Gasteiger partial charge in [-0.05, 0) is 45.4 Å². The van der Waals surface area contributed by atoms with Gasteiger partial charge in [-0.25, -0.2) is 4.79 Å². The SMILES string of the molecule is Cc1cc(Br)cc2c1CN(C(=O)OC(C)(C)C)CCO2. The van der Waals surface area contributed by atoms with Crippen LogP contribution >= 0.6 is 15.9 Å². The van der Waals surface area contributed by atoms with E-state index in [9.17, 15) is 4.79 Å².